The van der Waals surface area contributed by atoms with E-state index in [1.807, 2.05) is 24.4 Å². The van der Waals surface area contributed by atoms with Crippen LogP contribution in [0.4, 0.5) is 5.69 Å². The van der Waals surface area contributed by atoms with Crippen LogP contribution in [0.2, 0.25) is 0 Å². The summed E-state index contributed by atoms with van der Waals surface area (Å²) in [5, 5.41) is 13.4. The van der Waals surface area contributed by atoms with Gasteiger partial charge in [0.2, 0.25) is 0 Å². The molecule has 1 heterocycles. The summed E-state index contributed by atoms with van der Waals surface area (Å²) >= 11 is 0. The molecule has 0 radical (unpaired) electrons. The van der Waals surface area contributed by atoms with E-state index in [1.165, 1.54) is 0 Å². The minimum atomic E-state index is -0.193. The summed E-state index contributed by atoms with van der Waals surface area (Å²) in [5.74, 6) is -0.0225. The lowest BCUT2D eigenvalue weighted by molar-refractivity contribution is 0.102. The molecule has 3 rings (SSSR count). The molecule has 3 aromatic rings. The Morgan fingerprint density at radius 3 is 2.90 bits per heavy atom. The number of phenols is 1. The van der Waals surface area contributed by atoms with Crippen LogP contribution in [0.25, 0.3) is 10.9 Å². The van der Waals surface area contributed by atoms with E-state index in [0.717, 1.165) is 10.9 Å². The van der Waals surface area contributed by atoms with E-state index >= 15 is 0 Å². The van der Waals surface area contributed by atoms with Gasteiger partial charge in [-0.15, -0.1) is 0 Å². The molecule has 1 amide bonds. The largest absolute Gasteiger partial charge is 0.508 e. The molecule has 0 unspecified atom stereocenters. The summed E-state index contributed by atoms with van der Waals surface area (Å²) < 4.78 is 0. The van der Waals surface area contributed by atoms with Gasteiger partial charge in [0.05, 0.1) is 0 Å². The van der Waals surface area contributed by atoms with Crippen molar-refractivity contribution >= 4 is 22.5 Å². The number of carbonyl (C=O) groups excluding carboxylic acids is 1. The van der Waals surface area contributed by atoms with Crippen molar-refractivity contribution < 1.29 is 9.90 Å². The maximum absolute atomic E-state index is 12.2. The lowest BCUT2D eigenvalue weighted by Gasteiger charge is -2.09. The number of nitrogens with one attached hydrogen (secondary N) is 2. The fourth-order valence-corrected chi connectivity index (χ4v) is 2.15. The molecule has 0 aliphatic rings. The molecule has 0 spiro atoms. The number of rotatable bonds is 2. The van der Waals surface area contributed by atoms with Gasteiger partial charge in [-0.3, -0.25) is 4.79 Å². The molecule has 100 valence electrons. The Morgan fingerprint density at radius 2 is 2.05 bits per heavy atom. The van der Waals surface area contributed by atoms with Crippen molar-refractivity contribution in [3.8, 4) is 5.75 Å². The Morgan fingerprint density at radius 1 is 1.20 bits per heavy atom. The third-order valence-electron chi connectivity index (χ3n) is 3.37. The Balaban J connectivity index is 1.90. The average molecular weight is 266 g/mol. The van der Waals surface area contributed by atoms with Crippen molar-refractivity contribution in [1.82, 2.24) is 4.98 Å². The first-order valence-electron chi connectivity index (χ1n) is 6.32. The zero-order valence-electron chi connectivity index (χ0n) is 11.0. The Labute approximate surface area is 116 Å². The van der Waals surface area contributed by atoms with E-state index in [1.54, 1.807) is 31.2 Å². The molecule has 3 N–H and O–H groups in total. The monoisotopic (exact) mass is 266 g/mol. The Hall–Kier alpha value is -2.75. The van der Waals surface area contributed by atoms with E-state index in [0.29, 0.717) is 16.8 Å². The van der Waals surface area contributed by atoms with Crippen molar-refractivity contribution in [3.63, 3.8) is 0 Å². The SMILES string of the molecule is Cc1c(O)cccc1NC(=O)c1ccc2[nH]ccc2c1. The number of benzene rings is 2. The molecular formula is C16H14N2O2. The molecule has 0 fully saturated rings. The maximum Gasteiger partial charge on any atom is 0.255 e. The van der Waals surface area contributed by atoms with Crippen LogP contribution in [-0.4, -0.2) is 16.0 Å². The van der Waals surface area contributed by atoms with Crippen LogP contribution in [0, 0.1) is 6.92 Å². The summed E-state index contributed by atoms with van der Waals surface area (Å²) in [6.45, 7) is 1.76. The topological polar surface area (TPSA) is 65.1 Å². The fraction of sp³-hybridized carbons (Fsp3) is 0.0625. The molecule has 0 aliphatic heterocycles. The molecular weight excluding hydrogens is 252 g/mol. The van der Waals surface area contributed by atoms with Gasteiger partial charge in [0.25, 0.3) is 5.91 Å². The molecule has 20 heavy (non-hydrogen) atoms. The number of fused-ring (bicyclic) bond motifs is 1. The first-order chi connectivity index (χ1) is 9.65. The van der Waals surface area contributed by atoms with Crippen molar-refractivity contribution in [2.75, 3.05) is 5.32 Å². The number of H-pyrrole nitrogens is 1. The second-order valence-electron chi connectivity index (χ2n) is 4.68. The van der Waals surface area contributed by atoms with E-state index in [4.69, 9.17) is 0 Å². The molecule has 0 aliphatic carbocycles. The van der Waals surface area contributed by atoms with Crippen LogP contribution in [0.1, 0.15) is 15.9 Å². The second-order valence-corrected chi connectivity index (χ2v) is 4.68. The number of anilines is 1. The molecule has 4 nitrogen and oxygen atoms in total. The predicted octanol–water partition coefficient (Wildman–Crippen LogP) is 3.43. The van der Waals surface area contributed by atoms with Crippen LogP contribution < -0.4 is 5.32 Å². The van der Waals surface area contributed by atoms with Crippen molar-refractivity contribution in [1.29, 1.82) is 0 Å². The number of aromatic nitrogens is 1. The lowest BCUT2D eigenvalue weighted by atomic mass is 10.1. The Kier molecular flexibility index (Phi) is 2.91. The van der Waals surface area contributed by atoms with Crippen molar-refractivity contribution in [3.05, 3.63) is 59.8 Å². The fourth-order valence-electron chi connectivity index (χ4n) is 2.15. The zero-order valence-corrected chi connectivity index (χ0v) is 11.0. The van der Waals surface area contributed by atoms with Gasteiger partial charge in [-0.05, 0) is 43.3 Å². The number of aromatic hydroxyl groups is 1. The van der Waals surface area contributed by atoms with Crippen molar-refractivity contribution in [2.45, 2.75) is 6.92 Å². The number of carbonyl (C=O) groups is 1. The second kappa shape index (κ2) is 4.74. The smallest absolute Gasteiger partial charge is 0.255 e. The minimum absolute atomic E-state index is 0.170. The molecule has 2 aromatic carbocycles. The highest BCUT2D eigenvalue weighted by Crippen LogP contribution is 2.24. The van der Waals surface area contributed by atoms with Crippen LogP contribution in [0.5, 0.6) is 5.75 Å². The average Bonchev–Trinajstić information content (AvgIpc) is 2.91. The van der Waals surface area contributed by atoms with Gasteiger partial charge in [-0.25, -0.2) is 0 Å². The van der Waals surface area contributed by atoms with Gasteiger partial charge < -0.3 is 15.4 Å². The first kappa shape index (κ1) is 12.3. The van der Waals surface area contributed by atoms with Gasteiger partial charge >= 0.3 is 0 Å². The zero-order chi connectivity index (χ0) is 14.1. The molecule has 0 bridgehead atoms. The molecule has 1 aromatic heterocycles. The summed E-state index contributed by atoms with van der Waals surface area (Å²) in [5.41, 5.74) is 2.85. The number of aromatic amines is 1. The molecule has 0 atom stereocenters. The van der Waals surface area contributed by atoms with E-state index in [9.17, 15) is 9.90 Å². The van der Waals surface area contributed by atoms with Gasteiger partial charge in [0.1, 0.15) is 5.75 Å². The number of hydrogen-bond acceptors (Lipinski definition) is 2. The van der Waals surface area contributed by atoms with Gasteiger partial charge in [0.15, 0.2) is 0 Å². The van der Waals surface area contributed by atoms with E-state index < -0.39 is 0 Å². The van der Waals surface area contributed by atoms with Gasteiger partial charge in [-0.1, -0.05) is 6.07 Å². The summed E-state index contributed by atoms with van der Waals surface area (Å²) in [6, 6.07) is 12.5. The lowest BCUT2D eigenvalue weighted by Crippen LogP contribution is -2.12. The highest BCUT2D eigenvalue weighted by molar-refractivity contribution is 6.06. The number of amides is 1. The van der Waals surface area contributed by atoms with Gasteiger partial charge in [0, 0.05) is 33.9 Å². The third-order valence-corrected chi connectivity index (χ3v) is 3.37. The predicted molar refractivity (Wildman–Crippen MR) is 79.1 cm³/mol. The highest BCUT2D eigenvalue weighted by atomic mass is 16.3. The Bertz CT molecular complexity index is 790. The van der Waals surface area contributed by atoms with Crippen LogP contribution >= 0.6 is 0 Å². The summed E-state index contributed by atoms with van der Waals surface area (Å²) in [7, 11) is 0. The van der Waals surface area contributed by atoms with Crippen LogP contribution in [0.15, 0.2) is 48.7 Å². The normalized spacial score (nSPS) is 10.7. The highest BCUT2D eigenvalue weighted by Gasteiger charge is 2.10. The maximum atomic E-state index is 12.2. The van der Waals surface area contributed by atoms with E-state index in [2.05, 4.69) is 10.3 Å². The molecule has 4 heteroatoms. The van der Waals surface area contributed by atoms with Gasteiger partial charge in [-0.2, -0.15) is 0 Å². The summed E-state index contributed by atoms with van der Waals surface area (Å²) in [4.78, 5) is 15.3. The number of phenolic OH excluding ortho intramolecular Hbond substituents is 1. The van der Waals surface area contributed by atoms with Crippen LogP contribution in [0.3, 0.4) is 0 Å². The first-order valence-corrected chi connectivity index (χ1v) is 6.32. The van der Waals surface area contributed by atoms with Crippen molar-refractivity contribution in [2.24, 2.45) is 0 Å². The number of hydrogen-bond donors (Lipinski definition) is 3. The molecule has 0 saturated carbocycles. The quantitative estimate of drug-likeness (QED) is 0.665. The summed E-state index contributed by atoms with van der Waals surface area (Å²) in [6.07, 6.45) is 1.84. The standard InChI is InChI=1S/C16H14N2O2/c1-10-13(3-2-4-15(10)19)18-16(20)12-5-6-14-11(9-12)7-8-17-14/h2-9,17,19H,1H3,(H,18,20). The van der Waals surface area contributed by atoms with Crippen LogP contribution in [-0.2, 0) is 0 Å². The molecule has 0 saturated heterocycles. The van der Waals surface area contributed by atoms with E-state index in [-0.39, 0.29) is 11.7 Å². The minimum Gasteiger partial charge on any atom is -0.508 e. The third kappa shape index (κ3) is 2.12.